The molecule has 1 amide bonds. The van der Waals surface area contributed by atoms with Crippen molar-refractivity contribution in [3.8, 4) is 5.75 Å². The largest absolute Gasteiger partial charge is 0.490 e. The number of nitrogens with zero attached hydrogens (tertiary/aromatic N) is 1. The summed E-state index contributed by atoms with van der Waals surface area (Å²) in [6, 6.07) is 1.58. The van der Waals surface area contributed by atoms with Crippen molar-refractivity contribution in [1.29, 1.82) is 0 Å². The molecule has 2 N–H and O–H groups in total. The van der Waals surface area contributed by atoms with Crippen LogP contribution in [0.4, 0.5) is 0 Å². The maximum atomic E-state index is 10.9. The first-order valence-electron chi connectivity index (χ1n) is 3.69. The van der Waals surface area contributed by atoms with Gasteiger partial charge >= 0.3 is 0 Å². The molecule has 0 aromatic carbocycles. The van der Waals surface area contributed by atoms with Gasteiger partial charge in [-0.1, -0.05) is 0 Å². The van der Waals surface area contributed by atoms with E-state index in [2.05, 4.69) is 4.98 Å². The van der Waals surface area contributed by atoms with Gasteiger partial charge in [0.05, 0.1) is 17.9 Å². The Morgan fingerprint density at radius 3 is 3.25 bits per heavy atom. The highest BCUT2D eigenvalue weighted by Crippen LogP contribution is 2.26. The molecule has 2 rings (SSSR count). The summed E-state index contributed by atoms with van der Waals surface area (Å²) < 4.78 is 5.23. The van der Waals surface area contributed by atoms with E-state index in [0.29, 0.717) is 17.9 Å². The van der Waals surface area contributed by atoms with E-state index in [0.717, 1.165) is 12.1 Å². The summed E-state index contributed by atoms with van der Waals surface area (Å²) in [6.45, 7) is 0.590. The van der Waals surface area contributed by atoms with Crippen LogP contribution in [-0.4, -0.2) is 17.5 Å². The topological polar surface area (TPSA) is 65.2 Å². The van der Waals surface area contributed by atoms with E-state index in [1.807, 2.05) is 0 Å². The molecule has 0 atom stereocenters. The van der Waals surface area contributed by atoms with Gasteiger partial charge in [-0.05, 0) is 6.07 Å². The third-order valence-electron chi connectivity index (χ3n) is 1.83. The van der Waals surface area contributed by atoms with Gasteiger partial charge in [0.25, 0.3) is 5.91 Å². The molecule has 4 heteroatoms. The molecule has 0 spiro atoms. The smallest absolute Gasteiger partial charge is 0.252 e. The van der Waals surface area contributed by atoms with Crippen molar-refractivity contribution in [1.82, 2.24) is 4.98 Å². The number of nitrogens with two attached hydrogens (primary N) is 1. The van der Waals surface area contributed by atoms with E-state index in [-0.39, 0.29) is 0 Å². The van der Waals surface area contributed by atoms with Crippen LogP contribution in [0.3, 0.4) is 0 Å². The summed E-state index contributed by atoms with van der Waals surface area (Å²) >= 11 is 0. The first kappa shape index (κ1) is 7.09. The minimum Gasteiger partial charge on any atom is -0.490 e. The van der Waals surface area contributed by atoms with Gasteiger partial charge in [-0.25, -0.2) is 0 Å². The van der Waals surface area contributed by atoms with E-state index < -0.39 is 5.91 Å². The predicted molar refractivity (Wildman–Crippen MR) is 42.0 cm³/mol. The molecule has 1 aliphatic heterocycles. The lowest BCUT2D eigenvalue weighted by molar-refractivity contribution is 0.0997. The summed E-state index contributed by atoms with van der Waals surface area (Å²) in [5.74, 6) is 0.0977. The van der Waals surface area contributed by atoms with Gasteiger partial charge in [-0.2, -0.15) is 0 Å². The van der Waals surface area contributed by atoms with Crippen LogP contribution >= 0.6 is 0 Å². The second kappa shape index (κ2) is 2.48. The lowest BCUT2D eigenvalue weighted by Gasteiger charge is -2.01. The first-order valence-corrected chi connectivity index (χ1v) is 3.69. The molecule has 0 fully saturated rings. The second-order valence-corrected chi connectivity index (χ2v) is 2.60. The van der Waals surface area contributed by atoms with Gasteiger partial charge in [0, 0.05) is 12.6 Å². The van der Waals surface area contributed by atoms with Crippen LogP contribution in [0.2, 0.25) is 0 Å². The molecule has 0 saturated heterocycles. The summed E-state index contributed by atoms with van der Waals surface area (Å²) in [6.07, 6.45) is 2.34. The number of amides is 1. The van der Waals surface area contributed by atoms with Gasteiger partial charge in [-0.3, -0.25) is 9.78 Å². The molecule has 0 unspecified atom stereocenters. The normalized spacial score (nSPS) is 13.7. The highest BCUT2D eigenvalue weighted by atomic mass is 16.5. The minimum absolute atomic E-state index is 0.428. The number of hydrogen-bond acceptors (Lipinski definition) is 3. The number of hydrogen-bond donors (Lipinski definition) is 1. The summed E-state index contributed by atoms with van der Waals surface area (Å²) in [5, 5.41) is 0. The molecule has 0 radical (unpaired) electrons. The van der Waals surface area contributed by atoms with E-state index in [4.69, 9.17) is 10.5 Å². The highest BCUT2D eigenvalue weighted by molar-refractivity contribution is 5.95. The van der Waals surface area contributed by atoms with Crippen LogP contribution in [0, 0.1) is 0 Å². The zero-order chi connectivity index (χ0) is 8.55. The minimum atomic E-state index is -0.462. The Bertz CT molecular complexity index is 336. The van der Waals surface area contributed by atoms with Crippen LogP contribution in [0.15, 0.2) is 12.3 Å². The summed E-state index contributed by atoms with van der Waals surface area (Å²) in [7, 11) is 0. The Balaban J connectivity index is 2.56. The predicted octanol–water partition coefficient (Wildman–Crippen LogP) is 0.115. The van der Waals surface area contributed by atoms with Crippen molar-refractivity contribution in [2.45, 2.75) is 6.42 Å². The zero-order valence-electron chi connectivity index (χ0n) is 6.41. The lowest BCUT2D eigenvalue weighted by Crippen LogP contribution is -2.12. The standard InChI is InChI=1S/C8H8N2O2/c9-8(11)5-1-3-10-6-2-4-12-7(5)6/h1,3H,2,4H2,(H2,9,11). The number of fused-ring (bicyclic) bond motifs is 1. The van der Waals surface area contributed by atoms with Crippen molar-refractivity contribution in [3.05, 3.63) is 23.5 Å². The van der Waals surface area contributed by atoms with Crippen molar-refractivity contribution in [2.75, 3.05) is 6.61 Å². The molecule has 2 heterocycles. The molecule has 0 bridgehead atoms. The van der Waals surface area contributed by atoms with Crippen LogP contribution in [0.5, 0.6) is 5.75 Å². The molecule has 62 valence electrons. The van der Waals surface area contributed by atoms with Gasteiger partial charge in [0.2, 0.25) is 0 Å². The molecule has 1 aliphatic rings. The Morgan fingerprint density at radius 2 is 2.50 bits per heavy atom. The van der Waals surface area contributed by atoms with E-state index in [9.17, 15) is 4.79 Å². The first-order chi connectivity index (χ1) is 5.79. The fourth-order valence-electron chi connectivity index (χ4n) is 1.27. The molecule has 12 heavy (non-hydrogen) atoms. The average Bonchev–Trinajstić information content (AvgIpc) is 2.49. The van der Waals surface area contributed by atoms with Crippen LogP contribution in [0.25, 0.3) is 0 Å². The molecule has 0 saturated carbocycles. The van der Waals surface area contributed by atoms with Gasteiger partial charge in [0.1, 0.15) is 0 Å². The number of carbonyl (C=O) groups is 1. The van der Waals surface area contributed by atoms with Crippen LogP contribution < -0.4 is 10.5 Å². The third-order valence-corrected chi connectivity index (χ3v) is 1.83. The van der Waals surface area contributed by atoms with E-state index in [1.165, 1.54) is 0 Å². The monoisotopic (exact) mass is 164 g/mol. The van der Waals surface area contributed by atoms with E-state index in [1.54, 1.807) is 12.3 Å². The molecular formula is C8H8N2O2. The molecule has 1 aromatic rings. The lowest BCUT2D eigenvalue weighted by atomic mass is 10.2. The van der Waals surface area contributed by atoms with Crippen molar-refractivity contribution < 1.29 is 9.53 Å². The van der Waals surface area contributed by atoms with Crippen molar-refractivity contribution in [2.24, 2.45) is 5.73 Å². The fraction of sp³-hybridized carbons (Fsp3) is 0.250. The van der Waals surface area contributed by atoms with Crippen molar-refractivity contribution >= 4 is 5.91 Å². The molecular weight excluding hydrogens is 156 g/mol. The maximum Gasteiger partial charge on any atom is 0.252 e. The third kappa shape index (κ3) is 0.922. The average molecular weight is 164 g/mol. The quantitative estimate of drug-likeness (QED) is 0.640. The Labute approximate surface area is 69.4 Å². The van der Waals surface area contributed by atoms with Gasteiger partial charge in [0.15, 0.2) is 5.75 Å². The van der Waals surface area contributed by atoms with E-state index >= 15 is 0 Å². The Hall–Kier alpha value is -1.58. The van der Waals surface area contributed by atoms with Gasteiger partial charge < -0.3 is 10.5 Å². The van der Waals surface area contributed by atoms with Gasteiger partial charge in [-0.15, -0.1) is 0 Å². The number of primary amides is 1. The Morgan fingerprint density at radius 1 is 1.67 bits per heavy atom. The molecule has 0 aliphatic carbocycles. The number of rotatable bonds is 1. The van der Waals surface area contributed by atoms with Crippen LogP contribution in [0.1, 0.15) is 16.1 Å². The number of ether oxygens (including phenoxy) is 1. The molecule has 1 aromatic heterocycles. The SMILES string of the molecule is NC(=O)c1ccnc2c1OCC2. The van der Waals surface area contributed by atoms with Crippen LogP contribution in [-0.2, 0) is 6.42 Å². The van der Waals surface area contributed by atoms with Crippen molar-refractivity contribution in [3.63, 3.8) is 0 Å². The fourth-order valence-corrected chi connectivity index (χ4v) is 1.27. The highest BCUT2D eigenvalue weighted by Gasteiger charge is 2.19. The summed E-state index contributed by atoms with van der Waals surface area (Å²) in [4.78, 5) is 14.9. The number of aromatic nitrogens is 1. The maximum absolute atomic E-state index is 10.9. The summed E-state index contributed by atoms with van der Waals surface area (Å²) in [5.41, 5.74) is 6.39. The zero-order valence-corrected chi connectivity index (χ0v) is 6.41. The number of pyridine rings is 1. The second-order valence-electron chi connectivity index (χ2n) is 2.60. The molecule has 4 nitrogen and oxygen atoms in total. The Kier molecular flexibility index (Phi) is 1.46. The number of carbonyl (C=O) groups excluding carboxylic acids is 1.